The molecule has 0 aliphatic heterocycles. The van der Waals surface area contributed by atoms with Crippen LogP contribution >= 0.6 is 0 Å². The summed E-state index contributed by atoms with van der Waals surface area (Å²) in [5.41, 5.74) is 0.542. The van der Waals surface area contributed by atoms with Crippen molar-refractivity contribution in [1.82, 2.24) is 5.32 Å². The minimum absolute atomic E-state index is 0.0234. The standard InChI is InChI=1S/C13H19F2NO/c1-13(2,3)16-8-11(17)9-4-6-10(7-5-9)12(14)15/h4-7,11-12,16-17H,8H2,1-3H3. The molecule has 2 N–H and O–H groups in total. The zero-order valence-corrected chi connectivity index (χ0v) is 10.4. The molecule has 1 unspecified atom stereocenters. The maximum Gasteiger partial charge on any atom is 0.263 e. The summed E-state index contributed by atoms with van der Waals surface area (Å²) in [4.78, 5) is 0. The Labute approximate surface area is 101 Å². The molecule has 17 heavy (non-hydrogen) atoms. The molecular formula is C13H19F2NO. The second-order valence-corrected chi connectivity index (χ2v) is 5.11. The number of rotatable bonds is 4. The Bertz CT molecular complexity index is 343. The molecule has 0 bridgehead atoms. The van der Waals surface area contributed by atoms with Crippen LogP contribution in [-0.4, -0.2) is 17.2 Å². The zero-order chi connectivity index (χ0) is 13.1. The van der Waals surface area contributed by atoms with Gasteiger partial charge in [0.2, 0.25) is 0 Å². The van der Waals surface area contributed by atoms with E-state index in [1.807, 2.05) is 20.8 Å². The summed E-state index contributed by atoms with van der Waals surface area (Å²) in [7, 11) is 0. The molecule has 0 saturated carbocycles. The van der Waals surface area contributed by atoms with E-state index < -0.39 is 12.5 Å². The van der Waals surface area contributed by atoms with E-state index in [4.69, 9.17) is 0 Å². The second kappa shape index (κ2) is 5.56. The summed E-state index contributed by atoms with van der Waals surface area (Å²) >= 11 is 0. The summed E-state index contributed by atoms with van der Waals surface area (Å²) in [5.74, 6) is 0. The molecule has 1 aromatic carbocycles. The predicted molar refractivity (Wildman–Crippen MR) is 64.1 cm³/mol. The number of β-amino-alcohol motifs (C(OH)–C–C–N with tert-alkyl or cyclic N) is 1. The highest BCUT2D eigenvalue weighted by Gasteiger charge is 2.14. The maximum absolute atomic E-state index is 12.3. The van der Waals surface area contributed by atoms with Crippen molar-refractivity contribution in [2.45, 2.75) is 38.8 Å². The number of halogens is 2. The molecule has 0 saturated heterocycles. The van der Waals surface area contributed by atoms with Crippen LogP contribution in [0.1, 0.15) is 44.4 Å². The molecule has 0 aliphatic rings. The third-order valence-electron chi connectivity index (χ3n) is 2.40. The van der Waals surface area contributed by atoms with Crippen LogP contribution in [0.15, 0.2) is 24.3 Å². The molecular weight excluding hydrogens is 224 g/mol. The van der Waals surface area contributed by atoms with E-state index in [0.717, 1.165) is 0 Å². The van der Waals surface area contributed by atoms with Gasteiger partial charge in [-0.25, -0.2) is 8.78 Å². The van der Waals surface area contributed by atoms with Crippen LogP contribution in [0, 0.1) is 0 Å². The lowest BCUT2D eigenvalue weighted by molar-refractivity contribution is 0.150. The number of aliphatic hydroxyl groups excluding tert-OH is 1. The Morgan fingerprint density at radius 3 is 2.00 bits per heavy atom. The lowest BCUT2D eigenvalue weighted by atomic mass is 10.0. The van der Waals surface area contributed by atoms with Crippen molar-refractivity contribution in [2.24, 2.45) is 0 Å². The lowest BCUT2D eigenvalue weighted by Crippen LogP contribution is -2.38. The minimum Gasteiger partial charge on any atom is -0.387 e. The first kappa shape index (κ1) is 14.1. The Hall–Kier alpha value is -1.00. The van der Waals surface area contributed by atoms with E-state index in [9.17, 15) is 13.9 Å². The number of benzene rings is 1. The normalized spacial score (nSPS) is 14.1. The third-order valence-corrected chi connectivity index (χ3v) is 2.40. The van der Waals surface area contributed by atoms with Crippen LogP contribution in [0.25, 0.3) is 0 Å². The van der Waals surface area contributed by atoms with Gasteiger partial charge < -0.3 is 10.4 Å². The first-order valence-corrected chi connectivity index (χ1v) is 5.61. The summed E-state index contributed by atoms with van der Waals surface area (Å²) in [6.07, 6.45) is -3.14. The van der Waals surface area contributed by atoms with Gasteiger partial charge in [-0.3, -0.25) is 0 Å². The first-order chi connectivity index (χ1) is 7.79. The fourth-order valence-corrected chi connectivity index (χ4v) is 1.38. The Morgan fingerprint density at radius 2 is 1.59 bits per heavy atom. The van der Waals surface area contributed by atoms with Crippen LogP contribution in [-0.2, 0) is 0 Å². The number of alkyl halides is 2. The number of hydrogen-bond acceptors (Lipinski definition) is 2. The Morgan fingerprint density at radius 1 is 1.12 bits per heavy atom. The van der Waals surface area contributed by atoms with Crippen molar-refractivity contribution < 1.29 is 13.9 Å². The van der Waals surface area contributed by atoms with Crippen molar-refractivity contribution in [3.8, 4) is 0 Å². The van der Waals surface area contributed by atoms with Crippen LogP contribution in [0.2, 0.25) is 0 Å². The highest BCUT2D eigenvalue weighted by molar-refractivity contribution is 5.25. The molecule has 0 radical (unpaired) electrons. The van der Waals surface area contributed by atoms with Gasteiger partial charge >= 0.3 is 0 Å². The van der Waals surface area contributed by atoms with Crippen LogP contribution in [0.3, 0.4) is 0 Å². The zero-order valence-electron chi connectivity index (χ0n) is 10.4. The van der Waals surface area contributed by atoms with E-state index >= 15 is 0 Å². The summed E-state index contributed by atoms with van der Waals surface area (Å²) in [5, 5.41) is 13.0. The molecule has 96 valence electrons. The van der Waals surface area contributed by atoms with Gasteiger partial charge in [0.15, 0.2) is 0 Å². The van der Waals surface area contributed by atoms with Gasteiger partial charge in [-0.2, -0.15) is 0 Å². The van der Waals surface area contributed by atoms with Crippen LogP contribution in [0.4, 0.5) is 8.78 Å². The fourth-order valence-electron chi connectivity index (χ4n) is 1.38. The molecule has 2 nitrogen and oxygen atoms in total. The maximum atomic E-state index is 12.3. The van der Waals surface area contributed by atoms with Crippen molar-refractivity contribution in [3.63, 3.8) is 0 Å². The third kappa shape index (κ3) is 4.79. The average molecular weight is 243 g/mol. The van der Waals surface area contributed by atoms with Crippen LogP contribution < -0.4 is 5.32 Å². The molecule has 0 heterocycles. The first-order valence-electron chi connectivity index (χ1n) is 5.61. The van der Waals surface area contributed by atoms with E-state index in [2.05, 4.69) is 5.32 Å². The molecule has 0 aromatic heterocycles. The van der Waals surface area contributed by atoms with Crippen molar-refractivity contribution >= 4 is 0 Å². The summed E-state index contributed by atoms with van der Waals surface area (Å²) < 4.78 is 24.7. The van der Waals surface area contributed by atoms with Gasteiger partial charge in [0, 0.05) is 17.6 Å². The molecule has 0 spiro atoms. The van der Waals surface area contributed by atoms with Gasteiger partial charge in [0.1, 0.15) is 0 Å². The Kier molecular flexibility index (Phi) is 4.60. The average Bonchev–Trinajstić information content (AvgIpc) is 2.25. The highest BCUT2D eigenvalue weighted by atomic mass is 19.3. The molecule has 0 amide bonds. The summed E-state index contributed by atoms with van der Waals surface area (Å²) in [6, 6.07) is 5.77. The van der Waals surface area contributed by atoms with Crippen molar-refractivity contribution in [2.75, 3.05) is 6.54 Å². The van der Waals surface area contributed by atoms with Gasteiger partial charge in [0.25, 0.3) is 6.43 Å². The van der Waals surface area contributed by atoms with E-state index in [0.29, 0.717) is 12.1 Å². The lowest BCUT2D eigenvalue weighted by Gasteiger charge is -2.23. The quantitative estimate of drug-likeness (QED) is 0.852. The highest BCUT2D eigenvalue weighted by Crippen LogP contribution is 2.21. The molecule has 4 heteroatoms. The fraction of sp³-hybridized carbons (Fsp3) is 0.538. The SMILES string of the molecule is CC(C)(C)NCC(O)c1ccc(C(F)F)cc1. The van der Waals surface area contributed by atoms with E-state index in [1.165, 1.54) is 24.3 Å². The molecule has 1 aromatic rings. The molecule has 1 rings (SSSR count). The van der Waals surface area contributed by atoms with Gasteiger partial charge in [-0.05, 0) is 26.3 Å². The Balaban J connectivity index is 2.60. The van der Waals surface area contributed by atoms with Gasteiger partial charge in [0.05, 0.1) is 6.10 Å². The number of aliphatic hydroxyl groups is 1. The minimum atomic E-state index is -2.46. The second-order valence-electron chi connectivity index (χ2n) is 5.11. The smallest absolute Gasteiger partial charge is 0.263 e. The predicted octanol–water partition coefficient (Wildman–Crippen LogP) is 3.05. The number of nitrogens with one attached hydrogen (secondary N) is 1. The summed E-state index contributed by atoms with van der Waals surface area (Å²) in [6.45, 7) is 6.40. The monoisotopic (exact) mass is 243 g/mol. The topological polar surface area (TPSA) is 32.3 Å². The van der Waals surface area contributed by atoms with Gasteiger partial charge in [-0.15, -0.1) is 0 Å². The largest absolute Gasteiger partial charge is 0.387 e. The molecule has 1 atom stereocenters. The van der Waals surface area contributed by atoms with Crippen molar-refractivity contribution in [3.05, 3.63) is 35.4 Å². The van der Waals surface area contributed by atoms with Crippen molar-refractivity contribution in [1.29, 1.82) is 0 Å². The van der Waals surface area contributed by atoms with Gasteiger partial charge in [-0.1, -0.05) is 24.3 Å². The van der Waals surface area contributed by atoms with Crippen LogP contribution in [0.5, 0.6) is 0 Å². The molecule has 0 fully saturated rings. The number of hydrogen-bond donors (Lipinski definition) is 2. The van der Waals surface area contributed by atoms with E-state index in [-0.39, 0.29) is 11.1 Å². The molecule has 0 aliphatic carbocycles. The van der Waals surface area contributed by atoms with E-state index in [1.54, 1.807) is 0 Å².